The number of rotatable bonds is 5. The highest BCUT2D eigenvalue weighted by atomic mass is 32.1. The van der Waals surface area contributed by atoms with Crippen molar-refractivity contribution >= 4 is 33.5 Å². The summed E-state index contributed by atoms with van der Waals surface area (Å²) >= 11 is 1.45. The fourth-order valence-corrected chi connectivity index (χ4v) is 4.45. The van der Waals surface area contributed by atoms with Gasteiger partial charge in [0.2, 0.25) is 11.0 Å². The summed E-state index contributed by atoms with van der Waals surface area (Å²) < 4.78 is 5.30. The molecule has 1 aromatic carbocycles. The van der Waals surface area contributed by atoms with Crippen LogP contribution in [0.1, 0.15) is 60.7 Å². The molecule has 3 aromatic rings. The van der Waals surface area contributed by atoms with Gasteiger partial charge in [-0.25, -0.2) is 9.78 Å². The number of aryl methyl sites for hydroxylation is 2. The van der Waals surface area contributed by atoms with Gasteiger partial charge in [0.25, 0.3) is 0 Å². The molecule has 1 aliphatic rings. The van der Waals surface area contributed by atoms with E-state index in [0.717, 1.165) is 23.4 Å². The molecule has 2 aromatic heterocycles. The van der Waals surface area contributed by atoms with Gasteiger partial charge in [-0.1, -0.05) is 36.7 Å². The zero-order valence-electron chi connectivity index (χ0n) is 15.7. The standard InChI is InChI=1S/C20H22N4O3S/c1-12-7-9-16-15(11-12)21-14(19(26)27-16)8-10-17(25)22-20-24-23-18(28-20)13-5-3-2-4-6-13/h7,9,11,13H,2-6,8,10H2,1H3,(H,22,24,25). The Kier molecular flexibility index (Phi) is 5.47. The quantitative estimate of drug-likeness (QED) is 0.698. The van der Waals surface area contributed by atoms with Crippen molar-refractivity contribution in [1.82, 2.24) is 15.2 Å². The van der Waals surface area contributed by atoms with Crippen molar-refractivity contribution in [3.63, 3.8) is 0 Å². The maximum Gasteiger partial charge on any atom is 0.358 e. The third-order valence-corrected chi connectivity index (χ3v) is 6.04. The first-order valence-electron chi connectivity index (χ1n) is 9.62. The third-order valence-electron chi connectivity index (χ3n) is 5.04. The minimum atomic E-state index is -0.500. The summed E-state index contributed by atoms with van der Waals surface area (Å²) in [4.78, 5) is 28.7. The average Bonchev–Trinajstić information content (AvgIpc) is 3.16. The van der Waals surface area contributed by atoms with Crippen molar-refractivity contribution in [1.29, 1.82) is 0 Å². The summed E-state index contributed by atoms with van der Waals surface area (Å²) in [6, 6.07) is 5.45. The number of benzene rings is 1. The largest absolute Gasteiger partial charge is 0.420 e. The SMILES string of the molecule is Cc1ccc2oc(=O)c(CCC(=O)Nc3nnc(C4CCCCC4)s3)nc2c1. The van der Waals surface area contributed by atoms with Crippen molar-refractivity contribution in [2.75, 3.05) is 5.32 Å². The summed E-state index contributed by atoms with van der Waals surface area (Å²) in [5.41, 5.74) is 1.86. The molecule has 0 bridgehead atoms. The van der Waals surface area contributed by atoms with Crippen LogP contribution in [0.2, 0.25) is 0 Å². The number of amides is 1. The van der Waals surface area contributed by atoms with Gasteiger partial charge >= 0.3 is 5.63 Å². The molecule has 4 rings (SSSR count). The summed E-state index contributed by atoms with van der Waals surface area (Å²) in [5.74, 6) is 0.253. The van der Waals surface area contributed by atoms with Gasteiger partial charge in [-0.2, -0.15) is 0 Å². The maximum absolute atomic E-state index is 12.3. The van der Waals surface area contributed by atoms with Crippen molar-refractivity contribution in [2.24, 2.45) is 0 Å². The zero-order chi connectivity index (χ0) is 19.5. The van der Waals surface area contributed by atoms with Crippen molar-refractivity contribution in [3.8, 4) is 0 Å². The molecule has 28 heavy (non-hydrogen) atoms. The fourth-order valence-electron chi connectivity index (χ4n) is 3.52. The molecular weight excluding hydrogens is 376 g/mol. The van der Waals surface area contributed by atoms with Gasteiger partial charge in [-0.05, 0) is 37.5 Å². The van der Waals surface area contributed by atoms with E-state index in [4.69, 9.17) is 4.42 Å². The van der Waals surface area contributed by atoms with Gasteiger partial charge in [0.05, 0.1) is 0 Å². The zero-order valence-corrected chi connectivity index (χ0v) is 16.6. The van der Waals surface area contributed by atoms with Crippen molar-refractivity contribution in [3.05, 3.63) is 44.9 Å². The lowest BCUT2D eigenvalue weighted by Gasteiger charge is -2.18. The van der Waals surface area contributed by atoms with Gasteiger partial charge in [0.15, 0.2) is 5.58 Å². The van der Waals surface area contributed by atoms with Crippen LogP contribution in [0.25, 0.3) is 11.1 Å². The summed E-state index contributed by atoms with van der Waals surface area (Å²) in [7, 11) is 0. The number of nitrogens with one attached hydrogen (secondary N) is 1. The minimum Gasteiger partial charge on any atom is -0.420 e. The number of fused-ring (bicyclic) bond motifs is 1. The molecule has 0 spiro atoms. The van der Waals surface area contributed by atoms with E-state index in [2.05, 4.69) is 20.5 Å². The van der Waals surface area contributed by atoms with Crippen LogP contribution in [0.15, 0.2) is 27.4 Å². The number of hydrogen-bond acceptors (Lipinski definition) is 7. The molecule has 1 amide bonds. The Balaban J connectivity index is 1.38. The van der Waals surface area contributed by atoms with Crippen LogP contribution in [-0.2, 0) is 11.2 Å². The smallest absolute Gasteiger partial charge is 0.358 e. The van der Waals surface area contributed by atoms with Crippen LogP contribution in [-0.4, -0.2) is 21.1 Å². The molecule has 146 valence electrons. The number of carbonyl (C=O) groups excluding carboxylic acids is 1. The Bertz CT molecular complexity index is 1050. The molecule has 1 N–H and O–H groups in total. The van der Waals surface area contributed by atoms with Crippen molar-refractivity contribution < 1.29 is 9.21 Å². The second-order valence-electron chi connectivity index (χ2n) is 7.25. The van der Waals surface area contributed by atoms with E-state index in [0.29, 0.717) is 22.1 Å². The first-order valence-corrected chi connectivity index (χ1v) is 10.4. The molecule has 7 nitrogen and oxygen atoms in total. The van der Waals surface area contributed by atoms with E-state index >= 15 is 0 Å². The van der Waals surface area contributed by atoms with E-state index in [9.17, 15) is 9.59 Å². The molecule has 1 aliphatic carbocycles. The molecule has 0 atom stereocenters. The lowest BCUT2D eigenvalue weighted by atomic mass is 9.90. The lowest BCUT2D eigenvalue weighted by molar-refractivity contribution is -0.116. The topological polar surface area (TPSA) is 98.0 Å². The van der Waals surface area contributed by atoms with E-state index in [1.165, 1.54) is 30.6 Å². The van der Waals surface area contributed by atoms with Gasteiger partial charge in [0, 0.05) is 18.8 Å². The first-order chi connectivity index (χ1) is 13.6. The van der Waals surface area contributed by atoms with Crippen LogP contribution in [0.3, 0.4) is 0 Å². The summed E-state index contributed by atoms with van der Waals surface area (Å²) in [6.07, 6.45) is 6.38. The predicted octanol–water partition coefficient (Wildman–Crippen LogP) is 3.97. The summed E-state index contributed by atoms with van der Waals surface area (Å²) in [5, 5.41) is 12.6. The van der Waals surface area contributed by atoms with Gasteiger partial charge in [0.1, 0.15) is 16.2 Å². The Morgan fingerprint density at radius 1 is 1.25 bits per heavy atom. The van der Waals surface area contributed by atoms with E-state index in [-0.39, 0.29) is 24.4 Å². The van der Waals surface area contributed by atoms with Crippen LogP contribution < -0.4 is 10.9 Å². The van der Waals surface area contributed by atoms with E-state index in [1.807, 2.05) is 19.1 Å². The molecule has 0 radical (unpaired) electrons. The monoisotopic (exact) mass is 398 g/mol. The lowest BCUT2D eigenvalue weighted by Crippen LogP contribution is -2.16. The van der Waals surface area contributed by atoms with Crippen LogP contribution >= 0.6 is 11.3 Å². The van der Waals surface area contributed by atoms with Crippen LogP contribution in [0, 0.1) is 6.92 Å². The Hall–Kier alpha value is -2.61. The molecule has 2 heterocycles. The molecule has 0 saturated heterocycles. The molecule has 8 heteroatoms. The predicted molar refractivity (Wildman–Crippen MR) is 108 cm³/mol. The summed E-state index contributed by atoms with van der Waals surface area (Å²) in [6.45, 7) is 1.95. The third kappa shape index (κ3) is 4.27. The second kappa shape index (κ2) is 8.18. The Morgan fingerprint density at radius 2 is 2.07 bits per heavy atom. The second-order valence-corrected chi connectivity index (χ2v) is 8.26. The van der Waals surface area contributed by atoms with Crippen molar-refractivity contribution in [2.45, 2.75) is 57.8 Å². The number of nitrogens with zero attached hydrogens (tertiary/aromatic N) is 3. The normalized spacial score (nSPS) is 15.0. The fraction of sp³-hybridized carbons (Fsp3) is 0.450. The Morgan fingerprint density at radius 3 is 2.89 bits per heavy atom. The van der Waals surface area contributed by atoms with Crippen LogP contribution in [0.4, 0.5) is 5.13 Å². The molecule has 0 aliphatic heterocycles. The van der Waals surface area contributed by atoms with Gasteiger partial charge in [-0.15, -0.1) is 10.2 Å². The number of anilines is 1. The number of aromatic nitrogens is 3. The average molecular weight is 398 g/mol. The highest BCUT2D eigenvalue weighted by Crippen LogP contribution is 2.35. The molecule has 1 fully saturated rings. The highest BCUT2D eigenvalue weighted by Gasteiger charge is 2.20. The van der Waals surface area contributed by atoms with Gasteiger partial charge < -0.3 is 9.73 Å². The molecular formula is C20H22N4O3S. The highest BCUT2D eigenvalue weighted by molar-refractivity contribution is 7.15. The first kappa shape index (κ1) is 18.7. The van der Waals surface area contributed by atoms with E-state index in [1.54, 1.807) is 6.07 Å². The van der Waals surface area contributed by atoms with E-state index < -0.39 is 5.63 Å². The van der Waals surface area contributed by atoms with Crippen LogP contribution in [0.5, 0.6) is 0 Å². The minimum absolute atomic E-state index is 0.132. The van der Waals surface area contributed by atoms with Gasteiger partial charge in [-0.3, -0.25) is 4.79 Å². The Labute approximate surface area is 166 Å². The maximum atomic E-state index is 12.3. The number of hydrogen-bond donors (Lipinski definition) is 1. The molecule has 0 unspecified atom stereocenters. The molecule has 1 saturated carbocycles. The number of carbonyl (C=O) groups is 1.